The quantitative estimate of drug-likeness (QED) is 0.621. The molecule has 0 radical (unpaired) electrons. The first kappa shape index (κ1) is 13.6. The van der Waals surface area contributed by atoms with Gasteiger partial charge in [-0.05, 0) is 24.6 Å². The summed E-state index contributed by atoms with van der Waals surface area (Å²) in [5, 5.41) is 0.331. The van der Waals surface area contributed by atoms with Crippen LogP contribution in [0.15, 0.2) is 18.2 Å². The Bertz CT molecular complexity index is 379. The third-order valence-corrected chi connectivity index (χ3v) is 2.88. The third kappa shape index (κ3) is 3.85. The van der Waals surface area contributed by atoms with Gasteiger partial charge in [-0.3, -0.25) is 4.79 Å². The van der Waals surface area contributed by atoms with Crippen molar-refractivity contribution in [1.29, 1.82) is 0 Å². The highest BCUT2D eigenvalue weighted by molar-refractivity contribution is 6.35. The maximum absolute atomic E-state index is 11.3. The monoisotopic (exact) mass is 280 g/mol. The van der Waals surface area contributed by atoms with E-state index in [9.17, 15) is 4.79 Å². The molecule has 1 unspecified atom stereocenters. The Morgan fingerprint density at radius 2 is 2.12 bits per heavy atom. The van der Waals surface area contributed by atoms with Crippen LogP contribution < -0.4 is 0 Å². The van der Waals surface area contributed by atoms with Crippen molar-refractivity contribution in [2.45, 2.75) is 18.7 Å². The molecule has 0 saturated carbocycles. The van der Waals surface area contributed by atoms with Gasteiger partial charge in [-0.25, -0.2) is 0 Å². The first-order valence-corrected chi connectivity index (χ1v) is 5.98. The number of halogens is 3. The molecule has 1 aromatic carbocycles. The van der Waals surface area contributed by atoms with Gasteiger partial charge in [0, 0.05) is 16.5 Å². The lowest BCUT2D eigenvalue weighted by Gasteiger charge is -2.09. The molecule has 0 fully saturated rings. The number of hydrogen-bond acceptors (Lipinski definition) is 2. The van der Waals surface area contributed by atoms with Crippen LogP contribution in [-0.4, -0.2) is 18.0 Å². The van der Waals surface area contributed by atoms with Crippen molar-refractivity contribution in [2.75, 3.05) is 6.61 Å². The van der Waals surface area contributed by atoms with Gasteiger partial charge in [0.05, 0.1) is 6.61 Å². The molecule has 5 heteroatoms. The lowest BCUT2D eigenvalue weighted by Crippen LogP contribution is -2.20. The Kier molecular flexibility index (Phi) is 5.39. The molecular formula is C11H11Cl3O2. The van der Waals surface area contributed by atoms with E-state index in [1.807, 2.05) is 0 Å². The standard InChI is InChI=1S/C11H11Cl3O2/c1-2-16-11(15)10(14)5-7-3-4-8(12)6-9(7)13/h3-4,6,10H,2,5H2,1H3. The van der Waals surface area contributed by atoms with Crippen molar-refractivity contribution in [3.8, 4) is 0 Å². The SMILES string of the molecule is CCOC(=O)C(Cl)Cc1ccc(Cl)cc1Cl. The molecule has 0 heterocycles. The summed E-state index contributed by atoms with van der Waals surface area (Å²) in [5.41, 5.74) is 0.777. The molecule has 0 aliphatic carbocycles. The summed E-state index contributed by atoms with van der Waals surface area (Å²) in [6.07, 6.45) is 0.330. The van der Waals surface area contributed by atoms with Gasteiger partial charge in [-0.2, -0.15) is 0 Å². The van der Waals surface area contributed by atoms with Crippen LogP contribution in [0.5, 0.6) is 0 Å². The van der Waals surface area contributed by atoms with Crippen LogP contribution in [0.2, 0.25) is 10.0 Å². The highest BCUT2D eigenvalue weighted by Gasteiger charge is 2.18. The van der Waals surface area contributed by atoms with Gasteiger partial charge in [0.15, 0.2) is 0 Å². The second kappa shape index (κ2) is 6.33. The minimum atomic E-state index is -0.723. The molecular weight excluding hydrogens is 270 g/mol. The summed E-state index contributed by atoms with van der Waals surface area (Å²) in [4.78, 5) is 11.3. The molecule has 16 heavy (non-hydrogen) atoms. The van der Waals surface area contributed by atoms with E-state index in [-0.39, 0.29) is 0 Å². The highest BCUT2D eigenvalue weighted by atomic mass is 35.5. The van der Waals surface area contributed by atoms with Gasteiger partial charge in [0.2, 0.25) is 0 Å². The fourth-order valence-electron chi connectivity index (χ4n) is 1.20. The summed E-state index contributed by atoms with van der Waals surface area (Å²) in [6.45, 7) is 2.05. The Hall–Kier alpha value is -0.440. The molecule has 1 atom stereocenters. The van der Waals surface area contributed by atoms with Crippen molar-refractivity contribution in [3.05, 3.63) is 33.8 Å². The van der Waals surface area contributed by atoms with E-state index in [1.165, 1.54) is 0 Å². The summed E-state index contributed by atoms with van der Waals surface area (Å²) in [6, 6.07) is 5.07. The number of rotatable bonds is 4. The average Bonchev–Trinajstić information content (AvgIpc) is 2.22. The van der Waals surface area contributed by atoms with Crippen LogP contribution in [0.25, 0.3) is 0 Å². The number of benzene rings is 1. The molecule has 0 aliphatic heterocycles. The van der Waals surface area contributed by atoms with Gasteiger partial charge in [-0.15, -0.1) is 11.6 Å². The second-order valence-corrected chi connectivity index (χ2v) is 4.53. The molecule has 0 spiro atoms. The lowest BCUT2D eigenvalue weighted by molar-refractivity contribution is -0.142. The highest BCUT2D eigenvalue weighted by Crippen LogP contribution is 2.23. The molecule has 88 valence electrons. The normalized spacial score (nSPS) is 12.2. The number of esters is 1. The fraction of sp³-hybridized carbons (Fsp3) is 0.364. The van der Waals surface area contributed by atoms with Crippen LogP contribution in [0, 0.1) is 0 Å². The minimum absolute atomic E-state index is 0.316. The Balaban J connectivity index is 2.69. The Labute approximate surface area is 109 Å². The van der Waals surface area contributed by atoms with Gasteiger partial charge in [0.1, 0.15) is 5.38 Å². The van der Waals surface area contributed by atoms with E-state index in [1.54, 1.807) is 25.1 Å². The average molecular weight is 282 g/mol. The van der Waals surface area contributed by atoms with E-state index in [0.717, 1.165) is 5.56 Å². The number of hydrogen-bond donors (Lipinski definition) is 0. The predicted octanol–water partition coefficient (Wildman–Crippen LogP) is 3.71. The first-order valence-electron chi connectivity index (χ1n) is 4.79. The van der Waals surface area contributed by atoms with E-state index in [4.69, 9.17) is 39.5 Å². The number of ether oxygens (including phenoxy) is 1. The maximum atomic E-state index is 11.3. The molecule has 0 amide bonds. The lowest BCUT2D eigenvalue weighted by atomic mass is 10.1. The van der Waals surface area contributed by atoms with Gasteiger partial charge in [0.25, 0.3) is 0 Å². The molecule has 2 nitrogen and oxygen atoms in total. The third-order valence-electron chi connectivity index (χ3n) is 1.96. The molecule has 1 rings (SSSR count). The van der Waals surface area contributed by atoms with Crippen LogP contribution >= 0.6 is 34.8 Å². The van der Waals surface area contributed by atoms with Crippen LogP contribution in [-0.2, 0) is 16.0 Å². The van der Waals surface area contributed by atoms with Gasteiger partial charge >= 0.3 is 5.97 Å². The zero-order valence-electron chi connectivity index (χ0n) is 8.67. The smallest absolute Gasteiger partial charge is 0.324 e. The molecule has 0 saturated heterocycles. The summed E-state index contributed by atoms with van der Waals surface area (Å²) in [5.74, 6) is -0.435. The molecule has 0 N–H and O–H groups in total. The van der Waals surface area contributed by atoms with Crippen molar-refractivity contribution in [3.63, 3.8) is 0 Å². The van der Waals surface area contributed by atoms with E-state index >= 15 is 0 Å². The fourth-order valence-corrected chi connectivity index (χ4v) is 1.91. The predicted molar refractivity (Wildman–Crippen MR) is 66.4 cm³/mol. The van der Waals surface area contributed by atoms with Crippen LogP contribution in [0.4, 0.5) is 0 Å². The van der Waals surface area contributed by atoms with Gasteiger partial charge < -0.3 is 4.74 Å². The van der Waals surface area contributed by atoms with Crippen molar-refractivity contribution in [2.24, 2.45) is 0 Å². The van der Waals surface area contributed by atoms with Crippen LogP contribution in [0.1, 0.15) is 12.5 Å². The van der Waals surface area contributed by atoms with E-state index in [0.29, 0.717) is 23.1 Å². The number of carbonyl (C=O) groups excluding carboxylic acids is 1. The van der Waals surface area contributed by atoms with E-state index in [2.05, 4.69) is 0 Å². The number of carbonyl (C=O) groups is 1. The molecule has 0 aromatic heterocycles. The molecule has 1 aromatic rings. The zero-order valence-corrected chi connectivity index (χ0v) is 10.9. The topological polar surface area (TPSA) is 26.3 Å². The van der Waals surface area contributed by atoms with Crippen LogP contribution in [0.3, 0.4) is 0 Å². The summed E-state index contributed by atoms with van der Waals surface area (Å²) < 4.78 is 4.80. The molecule has 0 bridgehead atoms. The maximum Gasteiger partial charge on any atom is 0.324 e. The summed E-state index contributed by atoms with van der Waals surface area (Å²) in [7, 11) is 0. The van der Waals surface area contributed by atoms with Crippen molar-refractivity contribution >= 4 is 40.8 Å². The van der Waals surface area contributed by atoms with Crippen molar-refractivity contribution in [1.82, 2.24) is 0 Å². The van der Waals surface area contributed by atoms with E-state index < -0.39 is 11.3 Å². The largest absolute Gasteiger partial charge is 0.465 e. The first-order chi connectivity index (χ1) is 7.54. The Morgan fingerprint density at radius 3 is 2.69 bits per heavy atom. The Morgan fingerprint density at radius 1 is 1.44 bits per heavy atom. The number of alkyl halides is 1. The zero-order chi connectivity index (χ0) is 12.1. The van der Waals surface area contributed by atoms with Crippen molar-refractivity contribution < 1.29 is 9.53 Å². The second-order valence-electron chi connectivity index (χ2n) is 3.16. The molecule has 0 aliphatic rings. The summed E-state index contributed by atoms with van der Waals surface area (Å²) >= 11 is 17.6. The minimum Gasteiger partial charge on any atom is -0.465 e. The van der Waals surface area contributed by atoms with Gasteiger partial charge in [-0.1, -0.05) is 29.3 Å².